The number of likely N-dealkylation sites (tertiary alicyclic amines) is 1. The molecule has 0 radical (unpaired) electrons. The van der Waals surface area contributed by atoms with Gasteiger partial charge in [0.2, 0.25) is 5.88 Å². The molecule has 2 aliphatic heterocycles. The van der Waals surface area contributed by atoms with Crippen molar-refractivity contribution in [3.8, 4) is 5.88 Å². The SMILES string of the molecule is CN=C(NCCOc1ncc(C(F)(F)F)cc1Cl)N1CCC(CN2CCOCC2)C1. The number of rotatable bonds is 6. The van der Waals surface area contributed by atoms with Crippen molar-refractivity contribution in [1.82, 2.24) is 20.1 Å². The number of hydrogen-bond donors (Lipinski definition) is 1. The number of nitrogens with one attached hydrogen (secondary N) is 1. The molecule has 0 aromatic carbocycles. The molecule has 0 amide bonds. The molecule has 1 unspecified atom stereocenters. The minimum absolute atomic E-state index is 0.0202. The number of hydrogen-bond acceptors (Lipinski definition) is 5. The quantitative estimate of drug-likeness (QED) is 0.409. The number of aliphatic imine (C=N–C) groups is 1. The average molecular weight is 450 g/mol. The molecular formula is C19H27ClF3N5O2. The van der Waals surface area contributed by atoms with E-state index >= 15 is 0 Å². The van der Waals surface area contributed by atoms with Crippen LogP contribution in [0.3, 0.4) is 0 Å². The van der Waals surface area contributed by atoms with E-state index in [0.717, 1.165) is 64.4 Å². The van der Waals surface area contributed by atoms with E-state index in [1.807, 2.05) is 0 Å². The minimum Gasteiger partial charge on any atom is -0.475 e. The first-order chi connectivity index (χ1) is 14.4. The third-order valence-electron chi connectivity index (χ3n) is 5.18. The molecule has 3 heterocycles. The lowest BCUT2D eigenvalue weighted by molar-refractivity contribution is -0.137. The molecule has 0 bridgehead atoms. The molecule has 7 nitrogen and oxygen atoms in total. The van der Waals surface area contributed by atoms with Gasteiger partial charge in [0.05, 0.1) is 25.3 Å². The largest absolute Gasteiger partial charge is 0.475 e. The maximum Gasteiger partial charge on any atom is 0.417 e. The Morgan fingerprint density at radius 2 is 2.13 bits per heavy atom. The van der Waals surface area contributed by atoms with E-state index in [4.69, 9.17) is 21.1 Å². The Hall–Kier alpha value is -1.78. The summed E-state index contributed by atoms with van der Waals surface area (Å²) in [6, 6.07) is 0.815. The highest BCUT2D eigenvalue weighted by molar-refractivity contribution is 6.31. The van der Waals surface area contributed by atoms with Crippen molar-refractivity contribution in [1.29, 1.82) is 0 Å². The predicted octanol–water partition coefficient (Wildman–Crippen LogP) is 2.36. The second-order valence-electron chi connectivity index (χ2n) is 7.34. The number of ether oxygens (including phenoxy) is 2. The van der Waals surface area contributed by atoms with Crippen LogP contribution >= 0.6 is 11.6 Å². The van der Waals surface area contributed by atoms with Crippen molar-refractivity contribution in [2.75, 3.05) is 66.1 Å². The van der Waals surface area contributed by atoms with E-state index in [0.29, 0.717) is 18.7 Å². The summed E-state index contributed by atoms with van der Waals surface area (Å²) in [7, 11) is 1.73. The fraction of sp³-hybridized carbons (Fsp3) is 0.684. The zero-order valence-corrected chi connectivity index (χ0v) is 17.7. The number of alkyl halides is 3. The second-order valence-corrected chi connectivity index (χ2v) is 7.75. The average Bonchev–Trinajstić information content (AvgIpc) is 3.17. The van der Waals surface area contributed by atoms with Crippen molar-refractivity contribution in [3.05, 3.63) is 22.8 Å². The first-order valence-corrected chi connectivity index (χ1v) is 10.4. The first-order valence-electron chi connectivity index (χ1n) is 9.98. The van der Waals surface area contributed by atoms with Gasteiger partial charge in [0.25, 0.3) is 0 Å². The normalized spacial score (nSPS) is 21.2. The van der Waals surface area contributed by atoms with Gasteiger partial charge in [-0.05, 0) is 18.4 Å². The molecule has 0 aliphatic carbocycles. The second kappa shape index (κ2) is 10.5. The third kappa shape index (κ3) is 6.36. The van der Waals surface area contributed by atoms with Crippen molar-refractivity contribution in [2.45, 2.75) is 12.6 Å². The van der Waals surface area contributed by atoms with Crippen molar-refractivity contribution in [3.63, 3.8) is 0 Å². The highest BCUT2D eigenvalue weighted by Gasteiger charge is 2.32. The predicted molar refractivity (Wildman–Crippen MR) is 108 cm³/mol. The van der Waals surface area contributed by atoms with Gasteiger partial charge >= 0.3 is 6.18 Å². The number of pyridine rings is 1. The molecule has 2 aliphatic rings. The molecular weight excluding hydrogens is 423 g/mol. The van der Waals surface area contributed by atoms with Crippen LogP contribution in [0, 0.1) is 5.92 Å². The Morgan fingerprint density at radius 3 is 2.80 bits per heavy atom. The molecule has 30 heavy (non-hydrogen) atoms. The lowest BCUT2D eigenvalue weighted by atomic mass is 10.1. The van der Waals surface area contributed by atoms with Gasteiger partial charge in [0.1, 0.15) is 11.6 Å². The van der Waals surface area contributed by atoms with Crippen LogP contribution in [-0.4, -0.2) is 86.9 Å². The molecule has 0 saturated carbocycles. The van der Waals surface area contributed by atoms with Crippen molar-refractivity contribution >= 4 is 17.6 Å². The van der Waals surface area contributed by atoms with Gasteiger partial charge in [0, 0.05) is 46.0 Å². The minimum atomic E-state index is -4.49. The van der Waals surface area contributed by atoms with Gasteiger partial charge in [-0.1, -0.05) is 11.6 Å². The molecule has 1 atom stereocenters. The molecule has 2 saturated heterocycles. The number of halogens is 4. The molecule has 2 fully saturated rings. The lowest BCUT2D eigenvalue weighted by Crippen LogP contribution is -2.43. The molecule has 168 valence electrons. The van der Waals surface area contributed by atoms with E-state index in [1.54, 1.807) is 7.05 Å². The van der Waals surface area contributed by atoms with E-state index in [-0.39, 0.29) is 17.5 Å². The van der Waals surface area contributed by atoms with E-state index in [1.165, 1.54) is 0 Å². The fourth-order valence-corrected chi connectivity index (χ4v) is 3.87. The summed E-state index contributed by atoms with van der Waals surface area (Å²) in [6.45, 7) is 7.14. The summed E-state index contributed by atoms with van der Waals surface area (Å²) in [6.07, 6.45) is -2.66. The monoisotopic (exact) mass is 449 g/mol. The Morgan fingerprint density at radius 1 is 1.37 bits per heavy atom. The van der Waals surface area contributed by atoms with Crippen LogP contribution in [-0.2, 0) is 10.9 Å². The van der Waals surface area contributed by atoms with Gasteiger partial charge in [-0.15, -0.1) is 0 Å². The van der Waals surface area contributed by atoms with Crippen molar-refractivity contribution < 1.29 is 22.6 Å². The summed E-state index contributed by atoms with van der Waals surface area (Å²) in [5, 5.41) is 3.06. The van der Waals surface area contributed by atoms with Crippen LogP contribution in [0.1, 0.15) is 12.0 Å². The Kier molecular flexibility index (Phi) is 8.01. The van der Waals surface area contributed by atoms with Crippen molar-refractivity contribution in [2.24, 2.45) is 10.9 Å². The van der Waals surface area contributed by atoms with Crippen LogP contribution in [0.4, 0.5) is 13.2 Å². The van der Waals surface area contributed by atoms with Gasteiger partial charge in [0.15, 0.2) is 5.96 Å². The number of nitrogens with zero attached hydrogens (tertiary/aromatic N) is 4. The van der Waals surface area contributed by atoms with E-state index in [9.17, 15) is 13.2 Å². The number of aromatic nitrogens is 1. The number of guanidine groups is 1. The topological polar surface area (TPSA) is 62.2 Å². The molecule has 1 N–H and O–H groups in total. The van der Waals surface area contributed by atoms with Crippen LogP contribution in [0.25, 0.3) is 0 Å². The Bertz CT molecular complexity index is 729. The van der Waals surface area contributed by atoms with Gasteiger partial charge in [-0.3, -0.25) is 9.89 Å². The Balaban J connectivity index is 1.41. The van der Waals surface area contributed by atoms with Crippen LogP contribution in [0.2, 0.25) is 5.02 Å². The summed E-state index contributed by atoms with van der Waals surface area (Å²) >= 11 is 5.85. The summed E-state index contributed by atoms with van der Waals surface area (Å²) in [4.78, 5) is 12.7. The summed E-state index contributed by atoms with van der Waals surface area (Å²) in [5.41, 5.74) is -0.904. The summed E-state index contributed by atoms with van der Waals surface area (Å²) in [5.74, 6) is 1.36. The maximum atomic E-state index is 12.7. The van der Waals surface area contributed by atoms with E-state index in [2.05, 4.69) is 25.1 Å². The first kappa shape index (κ1) is 22.9. The Labute approximate surface area is 179 Å². The van der Waals surface area contributed by atoms with Crippen LogP contribution in [0.15, 0.2) is 17.3 Å². The zero-order chi connectivity index (χ0) is 21.6. The van der Waals surface area contributed by atoms with Gasteiger partial charge in [-0.2, -0.15) is 13.2 Å². The van der Waals surface area contributed by atoms with Gasteiger partial charge in [-0.25, -0.2) is 4.98 Å². The van der Waals surface area contributed by atoms with Gasteiger partial charge < -0.3 is 19.7 Å². The van der Waals surface area contributed by atoms with Crippen LogP contribution in [0.5, 0.6) is 5.88 Å². The smallest absolute Gasteiger partial charge is 0.417 e. The molecule has 3 rings (SSSR count). The third-order valence-corrected chi connectivity index (χ3v) is 5.45. The molecule has 1 aromatic rings. The summed E-state index contributed by atoms with van der Waals surface area (Å²) < 4.78 is 48.8. The molecule has 11 heteroatoms. The van der Waals surface area contributed by atoms with Crippen LogP contribution < -0.4 is 10.1 Å². The lowest BCUT2D eigenvalue weighted by Gasteiger charge is -2.29. The van der Waals surface area contributed by atoms with E-state index < -0.39 is 11.7 Å². The molecule has 1 aromatic heterocycles. The highest BCUT2D eigenvalue weighted by Crippen LogP contribution is 2.33. The standard InChI is InChI=1S/C19H27ClF3N5O2/c1-24-18(28-4-2-14(13-28)12-27-5-8-29-9-6-27)25-3-7-30-17-16(20)10-15(11-26-17)19(21,22)23/h10-11,14H,2-9,12-13H2,1H3,(H,24,25). The molecule has 0 spiro atoms. The maximum absolute atomic E-state index is 12.7. The fourth-order valence-electron chi connectivity index (χ4n) is 3.65. The highest BCUT2D eigenvalue weighted by atomic mass is 35.5. The zero-order valence-electron chi connectivity index (χ0n) is 16.9. The number of morpholine rings is 1.